The molecule has 96 valence electrons. The Kier molecular flexibility index (Phi) is 3.70. The van der Waals surface area contributed by atoms with Crippen molar-refractivity contribution in [3.63, 3.8) is 0 Å². The lowest BCUT2D eigenvalue weighted by atomic mass is 10.1. The van der Waals surface area contributed by atoms with Gasteiger partial charge in [-0.25, -0.2) is 0 Å². The van der Waals surface area contributed by atoms with Crippen LogP contribution in [0.25, 0.3) is 10.9 Å². The molecule has 1 aromatic carbocycles. The van der Waals surface area contributed by atoms with Gasteiger partial charge in [0, 0.05) is 11.6 Å². The predicted octanol–water partition coefficient (Wildman–Crippen LogP) is 3.63. The average Bonchev–Trinajstić information content (AvgIpc) is 2.32. The normalized spacial score (nSPS) is 12.9. The SMILES string of the molecule is CC(C)CC(C)Oc1ccc(N)c2ncccc12. The minimum atomic E-state index is 0.192. The van der Waals surface area contributed by atoms with Gasteiger partial charge in [-0.2, -0.15) is 0 Å². The lowest BCUT2D eigenvalue weighted by molar-refractivity contribution is 0.195. The molecule has 1 heterocycles. The van der Waals surface area contributed by atoms with Gasteiger partial charge in [0.05, 0.1) is 17.3 Å². The molecule has 0 radical (unpaired) electrons. The fourth-order valence-electron chi connectivity index (χ4n) is 2.20. The van der Waals surface area contributed by atoms with Crippen molar-refractivity contribution in [2.75, 3.05) is 5.73 Å². The molecule has 2 aromatic rings. The van der Waals surface area contributed by atoms with Gasteiger partial charge in [0.25, 0.3) is 0 Å². The van der Waals surface area contributed by atoms with Crippen molar-refractivity contribution >= 4 is 16.6 Å². The third-order valence-electron chi connectivity index (χ3n) is 2.89. The van der Waals surface area contributed by atoms with E-state index in [4.69, 9.17) is 10.5 Å². The van der Waals surface area contributed by atoms with Crippen LogP contribution in [-0.4, -0.2) is 11.1 Å². The molecule has 3 heteroatoms. The molecule has 1 atom stereocenters. The Morgan fingerprint density at radius 3 is 2.72 bits per heavy atom. The summed E-state index contributed by atoms with van der Waals surface area (Å²) in [5.74, 6) is 1.48. The highest BCUT2D eigenvalue weighted by Crippen LogP contribution is 2.29. The van der Waals surface area contributed by atoms with Crippen LogP contribution in [0.15, 0.2) is 30.5 Å². The zero-order valence-electron chi connectivity index (χ0n) is 11.2. The van der Waals surface area contributed by atoms with E-state index in [0.717, 1.165) is 23.1 Å². The Bertz CT molecular complexity index is 537. The van der Waals surface area contributed by atoms with E-state index in [-0.39, 0.29) is 6.10 Å². The third-order valence-corrected chi connectivity index (χ3v) is 2.89. The summed E-state index contributed by atoms with van der Waals surface area (Å²) in [5, 5.41) is 0.980. The summed E-state index contributed by atoms with van der Waals surface area (Å²) >= 11 is 0. The Hall–Kier alpha value is -1.77. The summed E-state index contributed by atoms with van der Waals surface area (Å²) in [6.07, 6.45) is 2.98. The molecule has 0 saturated heterocycles. The molecule has 0 spiro atoms. The summed E-state index contributed by atoms with van der Waals surface area (Å²) < 4.78 is 6.00. The molecule has 0 bridgehead atoms. The number of nitrogens with two attached hydrogens (primary N) is 1. The van der Waals surface area contributed by atoms with Gasteiger partial charge in [-0.3, -0.25) is 4.98 Å². The second-order valence-corrected chi connectivity index (χ2v) is 5.11. The van der Waals surface area contributed by atoms with Crippen molar-refractivity contribution in [1.82, 2.24) is 4.98 Å². The standard InChI is InChI=1S/C15H20N2O/c1-10(2)9-11(3)18-14-7-6-13(16)15-12(14)5-4-8-17-15/h4-8,10-11H,9,16H2,1-3H3. The maximum Gasteiger partial charge on any atom is 0.129 e. The van der Waals surface area contributed by atoms with Crippen LogP contribution in [0.5, 0.6) is 5.75 Å². The molecule has 0 saturated carbocycles. The molecule has 1 aromatic heterocycles. The van der Waals surface area contributed by atoms with Crippen molar-refractivity contribution in [3.05, 3.63) is 30.5 Å². The Morgan fingerprint density at radius 2 is 2.00 bits per heavy atom. The van der Waals surface area contributed by atoms with Crippen molar-refractivity contribution < 1.29 is 4.74 Å². The second kappa shape index (κ2) is 5.25. The van der Waals surface area contributed by atoms with Crippen molar-refractivity contribution in [2.24, 2.45) is 5.92 Å². The number of rotatable bonds is 4. The van der Waals surface area contributed by atoms with Crippen LogP contribution < -0.4 is 10.5 Å². The molecule has 0 fully saturated rings. The Labute approximate surface area is 108 Å². The molecule has 2 rings (SSSR count). The predicted molar refractivity (Wildman–Crippen MR) is 75.7 cm³/mol. The van der Waals surface area contributed by atoms with Gasteiger partial charge >= 0.3 is 0 Å². The molecule has 0 aliphatic rings. The minimum absolute atomic E-state index is 0.192. The number of nitrogen functional groups attached to an aromatic ring is 1. The first-order valence-corrected chi connectivity index (χ1v) is 6.37. The molecule has 0 aliphatic carbocycles. The van der Waals surface area contributed by atoms with E-state index in [0.29, 0.717) is 11.6 Å². The zero-order chi connectivity index (χ0) is 13.1. The van der Waals surface area contributed by atoms with Crippen LogP contribution in [0, 0.1) is 5.92 Å². The molecule has 0 amide bonds. The van der Waals surface area contributed by atoms with Crippen molar-refractivity contribution in [3.8, 4) is 5.75 Å². The summed E-state index contributed by atoms with van der Waals surface area (Å²) in [4.78, 5) is 4.30. The number of benzene rings is 1. The van der Waals surface area contributed by atoms with Gasteiger partial charge in [-0.05, 0) is 43.5 Å². The number of fused-ring (bicyclic) bond motifs is 1. The molecule has 3 nitrogen and oxygen atoms in total. The van der Waals surface area contributed by atoms with Gasteiger partial charge in [-0.1, -0.05) is 13.8 Å². The number of nitrogens with zero attached hydrogens (tertiary/aromatic N) is 1. The van der Waals surface area contributed by atoms with E-state index in [9.17, 15) is 0 Å². The third kappa shape index (κ3) is 2.73. The summed E-state index contributed by atoms with van der Waals surface area (Å²) in [7, 11) is 0. The van der Waals surface area contributed by atoms with Crippen LogP contribution in [0.1, 0.15) is 27.2 Å². The fourth-order valence-corrected chi connectivity index (χ4v) is 2.20. The van der Waals surface area contributed by atoms with E-state index in [1.165, 1.54) is 0 Å². The minimum Gasteiger partial charge on any atom is -0.490 e. The lowest BCUT2D eigenvalue weighted by Gasteiger charge is -2.18. The second-order valence-electron chi connectivity index (χ2n) is 5.11. The number of anilines is 1. The van der Waals surface area contributed by atoms with Gasteiger partial charge < -0.3 is 10.5 Å². The summed E-state index contributed by atoms with van der Waals surface area (Å²) in [6.45, 7) is 6.49. The largest absolute Gasteiger partial charge is 0.490 e. The topological polar surface area (TPSA) is 48.1 Å². The maximum atomic E-state index is 6.00. The van der Waals surface area contributed by atoms with E-state index in [1.54, 1.807) is 6.20 Å². The monoisotopic (exact) mass is 244 g/mol. The van der Waals surface area contributed by atoms with E-state index in [2.05, 4.69) is 25.8 Å². The molecular weight excluding hydrogens is 224 g/mol. The lowest BCUT2D eigenvalue weighted by Crippen LogP contribution is -2.14. The van der Waals surface area contributed by atoms with Gasteiger partial charge in [0.15, 0.2) is 0 Å². The Morgan fingerprint density at radius 1 is 1.22 bits per heavy atom. The van der Waals surface area contributed by atoms with E-state index >= 15 is 0 Å². The van der Waals surface area contributed by atoms with Gasteiger partial charge in [-0.15, -0.1) is 0 Å². The first kappa shape index (κ1) is 12.7. The maximum absolute atomic E-state index is 6.00. The molecule has 2 N–H and O–H groups in total. The number of hydrogen-bond donors (Lipinski definition) is 1. The number of ether oxygens (including phenoxy) is 1. The average molecular weight is 244 g/mol. The van der Waals surface area contributed by atoms with Crippen LogP contribution in [0.3, 0.4) is 0 Å². The van der Waals surface area contributed by atoms with Crippen LogP contribution in [0.4, 0.5) is 5.69 Å². The summed E-state index contributed by atoms with van der Waals surface area (Å²) in [5.41, 5.74) is 7.42. The fraction of sp³-hybridized carbons (Fsp3) is 0.400. The highest BCUT2D eigenvalue weighted by Gasteiger charge is 2.10. The van der Waals surface area contributed by atoms with Gasteiger partial charge in [0.1, 0.15) is 5.75 Å². The smallest absolute Gasteiger partial charge is 0.129 e. The molecular formula is C15H20N2O. The number of pyridine rings is 1. The highest BCUT2D eigenvalue weighted by atomic mass is 16.5. The van der Waals surface area contributed by atoms with E-state index < -0.39 is 0 Å². The van der Waals surface area contributed by atoms with Crippen LogP contribution in [0.2, 0.25) is 0 Å². The summed E-state index contributed by atoms with van der Waals surface area (Å²) in [6, 6.07) is 7.68. The van der Waals surface area contributed by atoms with Crippen molar-refractivity contribution in [2.45, 2.75) is 33.3 Å². The molecule has 18 heavy (non-hydrogen) atoms. The van der Waals surface area contributed by atoms with Gasteiger partial charge in [0.2, 0.25) is 0 Å². The van der Waals surface area contributed by atoms with E-state index in [1.807, 2.05) is 24.3 Å². The Balaban J connectivity index is 2.31. The number of hydrogen-bond acceptors (Lipinski definition) is 3. The van der Waals surface area contributed by atoms with Crippen LogP contribution >= 0.6 is 0 Å². The first-order valence-electron chi connectivity index (χ1n) is 6.37. The number of aromatic nitrogens is 1. The zero-order valence-corrected chi connectivity index (χ0v) is 11.2. The quantitative estimate of drug-likeness (QED) is 0.835. The van der Waals surface area contributed by atoms with Crippen molar-refractivity contribution in [1.29, 1.82) is 0 Å². The first-order chi connectivity index (χ1) is 8.58. The van der Waals surface area contributed by atoms with Crippen LogP contribution in [-0.2, 0) is 0 Å². The molecule has 0 aliphatic heterocycles. The highest BCUT2D eigenvalue weighted by molar-refractivity contribution is 5.93. The molecule has 1 unspecified atom stereocenters.